The van der Waals surface area contributed by atoms with E-state index in [1.807, 2.05) is 0 Å². The second-order valence-corrected chi connectivity index (χ2v) is 7.05. The minimum absolute atomic E-state index is 0.104. The average molecular weight is 423 g/mol. The molecule has 0 saturated carbocycles. The van der Waals surface area contributed by atoms with E-state index >= 15 is 0 Å². The number of esters is 1. The summed E-state index contributed by atoms with van der Waals surface area (Å²) in [5.41, 5.74) is -5.05. The summed E-state index contributed by atoms with van der Waals surface area (Å²) in [6, 6.07) is 8.54. The van der Waals surface area contributed by atoms with Gasteiger partial charge >= 0.3 is 27.7 Å². The van der Waals surface area contributed by atoms with Gasteiger partial charge in [-0.3, -0.25) is 9.69 Å². The summed E-state index contributed by atoms with van der Waals surface area (Å²) in [5.74, 6) is -3.46. The van der Waals surface area contributed by atoms with Crippen molar-refractivity contribution >= 4 is 22.2 Å². The second kappa shape index (κ2) is 8.50. The molecular formula is C16H16F3NO7S. The van der Waals surface area contributed by atoms with E-state index in [-0.39, 0.29) is 13.2 Å². The number of ether oxygens (including phenoxy) is 2. The first-order valence-electron chi connectivity index (χ1n) is 7.91. The predicted molar refractivity (Wildman–Crippen MR) is 87.6 cm³/mol. The first-order valence-corrected chi connectivity index (χ1v) is 9.32. The van der Waals surface area contributed by atoms with Crippen molar-refractivity contribution in [1.29, 1.82) is 0 Å². The Balaban J connectivity index is 2.16. The molecule has 0 N–H and O–H groups in total. The fourth-order valence-corrected chi connectivity index (χ4v) is 2.71. The number of carbonyl (C=O) groups is 2. The molecule has 1 atom stereocenters. The number of hydrogen-bond acceptors (Lipinski definition) is 7. The number of carbonyl (C=O) groups excluding carboxylic acids is 2. The lowest BCUT2D eigenvalue weighted by atomic mass is 10.1. The number of hydrogen-bond donors (Lipinski definition) is 0. The van der Waals surface area contributed by atoms with Crippen molar-refractivity contribution in [2.24, 2.45) is 5.92 Å². The van der Waals surface area contributed by atoms with Gasteiger partial charge in [-0.2, -0.15) is 21.6 Å². The van der Waals surface area contributed by atoms with Crippen LogP contribution in [0.3, 0.4) is 0 Å². The fourth-order valence-electron chi connectivity index (χ4n) is 2.20. The molecule has 0 fully saturated rings. The topological polar surface area (TPSA) is 99.2 Å². The molecule has 0 bridgehead atoms. The monoisotopic (exact) mass is 423 g/mol. The van der Waals surface area contributed by atoms with E-state index in [2.05, 4.69) is 4.18 Å². The summed E-state index contributed by atoms with van der Waals surface area (Å²) in [5, 5.41) is 0. The molecule has 12 heteroatoms. The molecular weight excluding hydrogens is 407 g/mol. The molecule has 0 radical (unpaired) electrons. The Kier molecular flexibility index (Phi) is 6.54. The number of alkyl halides is 3. The lowest BCUT2D eigenvalue weighted by Gasteiger charge is -2.16. The highest BCUT2D eigenvalue weighted by molar-refractivity contribution is 7.87. The van der Waals surface area contributed by atoms with Gasteiger partial charge in [-0.25, -0.2) is 4.79 Å². The number of rotatable bonds is 6. The lowest BCUT2D eigenvalue weighted by molar-refractivity contribution is -0.147. The molecule has 1 heterocycles. The van der Waals surface area contributed by atoms with Crippen LogP contribution in [0, 0.1) is 5.92 Å². The molecule has 0 aromatic heterocycles. The van der Waals surface area contributed by atoms with Gasteiger partial charge in [0.25, 0.3) is 0 Å². The molecule has 0 aliphatic carbocycles. The first-order chi connectivity index (χ1) is 13.0. The summed E-state index contributed by atoms with van der Waals surface area (Å²) < 4.78 is 73.9. The Labute approximate surface area is 158 Å². The minimum Gasteiger partial charge on any atom is -0.465 e. The van der Waals surface area contributed by atoms with Gasteiger partial charge in [0.1, 0.15) is 12.5 Å². The van der Waals surface area contributed by atoms with Gasteiger partial charge in [0.15, 0.2) is 5.76 Å². The highest BCUT2D eigenvalue weighted by atomic mass is 32.2. The van der Waals surface area contributed by atoms with Crippen molar-refractivity contribution in [1.82, 2.24) is 4.90 Å². The number of nitrogens with zero attached hydrogens (tertiary/aromatic N) is 1. The zero-order chi connectivity index (χ0) is 20.9. The van der Waals surface area contributed by atoms with Crippen LogP contribution in [0.15, 0.2) is 42.3 Å². The molecule has 1 amide bonds. The van der Waals surface area contributed by atoms with Gasteiger partial charge in [-0.1, -0.05) is 30.3 Å². The van der Waals surface area contributed by atoms with Gasteiger partial charge in [0, 0.05) is 6.54 Å². The standard InChI is InChI=1S/C16H16F3NO7S/c1-2-25-14(21)12-8-20(9-13(12)27-28(23,24)16(17,18)19)15(22)26-10-11-6-4-3-5-7-11/h3-7,9,12H,2,8,10H2,1H3. The summed E-state index contributed by atoms with van der Waals surface area (Å²) in [6.07, 6.45) is -0.320. The number of halogens is 3. The third kappa shape index (κ3) is 5.15. The second-order valence-electron chi connectivity index (χ2n) is 5.51. The van der Waals surface area contributed by atoms with Gasteiger partial charge in [0.2, 0.25) is 0 Å². The Morgan fingerprint density at radius 3 is 2.39 bits per heavy atom. The van der Waals surface area contributed by atoms with E-state index in [1.165, 1.54) is 6.92 Å². The van der Waals surface area contributed by atoms with Crippen molar-refractivity contribution in [3.8, 4) is 0 Å². The van der Waals surface area contributed by atoms with Crippen molar-refractivity contribution in [3.05, 3.63) is 47.9 Å². The van der Waals surface area contributed by atoms with Crippen LogP contribution in [0.25, 0.3) is 0 Å². The van der Waals surface area contributed by atoms with Crippen LogP contribution >= 0.6 is 0 Å². The average Bonchev–Trinajstić information content (AvgIpc) is 3.03. The highest BCUT2D eigenvalue weighted by Gasteiger charge is 2.51. The van der Waals surface area contributed by atoms with Crippen molar-refractivity contribution in [2.75, 3.05) is 13.2 Å². The smallest absolute Gasteiger partial charge is 0.465 e. The minimum atomic E-state index is -6.02. The van der Waals surface area contributed by atoms with Crippen LogP contribution in [0.1, 0.15) is 12.5 Å². The fraction of sp³-hybridized carbons (Fsp3) is 0.375. The first kappa shape index (κ1) is 21.5. The highest BCUT2D eigenvalue weighted by Crippen LogP contribution is 2.32. The number of amides is 1. The van der Waals surface area contributed by atoms with Crippen molar-refractivity contribution in [3.63, 3.8) is 0 Å². The molecule has 1 aromatic rings. The van der Waals surface area contributed by atoms with E-state index in [4.69, 9.17) is 9.47 Å². The maximum atomic E-state index is 12.6. The van der Waals surface area contributed by atoms with E-state index in [9.17, 15) is 31.2 Å². The summed E-state index contributed by atoms with van der Waals surface area (Å²) >= 11 is 0. The number of benzene rings is 1. The van der Waals surface area contributed by atoms with Crippen molar-refractivity contribution < 1.29 is 44.8 Å². The Hall–Kier alpha value is -2.76. The van der Waals surface area contributed by atoms with E-state index in [1.54, 1.807) is 30.3 Å². The van der Waals surface area contributed by atoms with Crippen LogP contribution in [0.5, 0.6) is 0 Å². The normalized spacial score (nSPS) is 17.1. The molecule has 2 rings (SSSR count). The summed E-state index contributed by atoms with van der Waals surface area (Å²) in [6.45, 7) is 0.725. The van der Waals surface area contributed by atoms with E-state index in [0.717, 1.165) is 4.90 Å². The largest absolute Gasteiger partial charge is 0.534 e. The summed E-state index contributed by atoms with van der Waals surface area (Å²) in [7, 11) is -6.02. The molecule has 0 spiro atoms. The maximum absolute atomic E-state index is 12.6. The third-order valence-corrected chi connectivity index (χ3v) is 4.48. The van der Waals surface area contributed by atoms with Gasteiger partial charge in [-0.05, 0) is 12.5 Å². The quantitative estimate of drug-likeness (QED) is 0.394. The van der Waals surface area contributed by atoms with Gasteiger partial charge in [0.05, 0.1) is 12.8 Å². The van der Waals surface area contributed by atoms with E-state index in [0.29, 0.717) is 11.8 Å². The zero-order valence-corrected chi connectivity index (χ0v) is 15.3. The molecule has 1 aliphatic rings. The lowest BCUT2D eigenvalue weighted by Crippen LogP contribution is -2.32. The van der Waals surface area contributed by atoms with Crippen LogP contribution in [0.4, 0.5) is 18.0 Å². The molecule has 1 aliphatic heterocycles. The third-order valence-electron chi connectivity index (χ3n) is 3.51. The molecule has 154 valence electrons. The van der Waals surface area contributed by atoms with E-state index < -0.39 is 45.9 Å². The SMILES string of the molecule is CCOC(=O)C1CN(C(=O)OCc2ccccc2)C=C1OS(=O)(=O)C(F)(F)F. The molecule has 8 nitrogen and oxygen atoms in total. The maximum Gasteiger partial charge on any atom is 0.534 e. The Morgan fingerprint density at radius 1 is 1.18 bits per heavy atom. The van der Waals surface area contributed by atoms with Crippen LogP contribution < -0.4 is 0 Å². The van der Waals surface area contributed by atoms with Crippen LogP contribution in [0.2, 0.25) is 0 Å². The predicted octanol–water partition coefficient (Wildman–Crippen LogP) is 2.53. The van der Waals surface area contributed by atoms with Gasteiger partial charge < -0.3 is 13.7 Å². The summed E-state index contributed by atoms with van der Waals surface area (Å²) in [4.78, 5) is 24.8. The molecule has 1 aromatic carbocycles. The molecule has 0 saturated heterocycles. The zero-order valence-electron chi connectivity index (χ0n) is 14.5. The van der Waals surface area contributed by atoms with Crippen LogP contribution in [-0.4, -0.2) is 44.0 Å². The Bertz CT molecular complexity index is 853. The molecule has 28 heavy (non-hydrogen) atoms. The van der Waals surface area contributed by atoms with Crippen LogP contribution in [-0.2, 0) is 35.2 Å². The molecule has 1 unspecified atom stereocenters. The van der Waals surface area contributed by atoms with Crippen molar-refractivity contribution in [2.45, 2.75) is 19.0 Å². The van der Waals surface area contributed by atoms with Gasteiger partial charge in [-0.15, -0.1) is 0 Å². The Morgan fingerprint density at radius 2 is 1.82 bits per heavy atom.